The van der Waals surface area contributed by atoms with E-state index in [1.807, 2.05) is 18.2 Å². The van der Waals surface area contributed by atoms with Gasteiger partial charge in [0.25, 0.3) is 0 Å². The number of amides is 1. The summed E-state index contributed by atoms with van der Waals surface area (Å²) in [6.45, 7) is 6.40. The van der Waals surface area contributed by atoms with Crippen molar-refractivity contribution < 1.29 is 4.79 Å². The van der Waals surface area contributed by atoms with Crippen molar-refractivity contribution in [1.29, 1.82) is 0 Å². The molecule has 0 saturated heterocycles. The van der Waals surface area contributed by atoms with Gasteiger partial charge in [0.15, 0.2) is 0 Å². The van der Waals surface area contributed by atoms with Crippen LogP contribution in [-0.4, -0.2) is 30.9 Å². The third kappa shape index (κ3) is 5.30. The van der Waals surface area contributed by atoms with Crippen molar-refractivity contribution in [2.24, 2.45) is 5.92 Å². The van der Waals surface area contributed by atoms with E-state index < -0.39 is 0 Å². The second-order valence-corrected chi connectivity index (χ2v) is 6.71. The van der Waals surface area contributed by atoms with Gasteiger partial charge in [-0.1, -0.05) is 55.8 Å². The Morgan fingerprint density at radius 2 is 2.00 bits per heavy atom. The van der Waals surface area contributed by atoms with E-state index in [9.17, 15) is 4.79 Å². The molecule has 0 fully saturated rings. The highest BCUT2D eigenvalue weighted by molar-refractivity contribution is 5.79. The van der Waals surface area contributed by atoms with E-state index in [4.69, 9.17) is 0 Å². The zero-order chi connectivity index (χ0) is 15.9. The van der Waals surface area contributed by atoms with Crippen LogP contribution < -0.4 is 5.32 Å². The van der Waals surface area contributed by atoms with Gasteiger partial charge in [-0.25, -0.2) is 0 Å². The molecule has 120 valence electrons. The number of likely N-dealkylation sites (N-methyl/N-ethyl adjacent to an activating group) is 1. The summed E-state index contributed by atoms with van der Waals surface area (Å²) in [7, 11) is 2.11. The molecule has 0 bridgehead atoms. The molecule has 1 aromatic carbocycles. The molecular formula is C19H28N2O. The number of nitrogens with one attached hydrogen (secondary N) is 1. The number of nitrogens with zero attached hydrogens (tertiary/aromatic N) is 1. The van der Waals surface area contributed by atoms with Gasteiger partial charge in [-0.05, 0) is 31.4 Å². The predicted octanol–water partition coefficient (Wildman–Crippen LogP) is 3.54. The topological polar surface area (TPSA) is 32.3 Å². The zero-order valence-electron chi connectivity index (χ0n) is 14.0. The van der Waals surface area contributed by atoms with Gasteiger partial charge < -0.3 is 10.2 Å². The van der Waals surface area contributed by atoms with Crippen LogP contribution in [0.15, 0.2) is 42.0 Å². The van der Waals surface area contributed by atoms with Crippen LogP contribution >= 0.6 is 0 Å². The van der Waals surface area contributed by atoms with E-state index in [0.717, 1.165) is 25.9 Å². The normalized spacial score (nSPS) is 17.2. The van der Waals surface area contributed by atoms with Gasteiger partial charge in [0.2, 0.25) is 5.91 Å². The first-order valence-electron chi connectivity index (χ1n) is 8.25. The molecule has 1 amide bonds. The molecule has 3 nitrogen and oxygen atoms in total. The summed E-state index contributed by atoms with van der Waals surface area (Å²) in [5.41, 5.74) is 2.47. The Morgan fingerprint density at radius 3 is 2.59 bits per heavy atom. The Kier molecular flexibility index (Phi) is 6.20. The molecule has 2 rings (SSSR count). The molecule has 3 heteroatoms. The molecule has 0 aliphatic carbocycles. The van der Waals surface area contributed by atoms with Gasteiger partial charge in [-0.15, -0.1) is 0 Å². The minimum absolute atomic E-state index is 0.112. The first kappa shape index (κ1) is 16.8. The maximum Gasteiger partial charge on any atom is 0.224 e. The Hall–Kier alpha value is -1.61. The van der Waals surface area contributed by atoms with Crippen LogP contribution in [0.2, 0.25) is 0 Å². The van der Waals surface area contributed by atoms with Crippen molar-refractivity contribution in [2.45, 2.75) is 39.2 Å². The molecule has 1 atom stereocenters. The highest BCUT2D eigenvalue weighted by Crippen LogP contribution is 2.22. The second kappa shape index (κ2) is 8.14. The van der Waals surface area contributed by atoms with Crippen molar-refractivity contribution in [2.75, 3.05) is 20.1 Å². The molecule has 1 unspecified atom stereocenters. The molecule has 1 aliphatic rings. The summed E-state index contributed by atoms with van der Waals surface area (Å²) in [6.07, 6.45) is 4.71. The summed E-state index contributed by atoms with van der Waals surface area (Å²) in [5.74, 6) is 0.693. The lowest BCUT2D eigenvalue weighted by Crippen LogP contribution is -2.31. The molecule has 1 heterocycles. The summed E-state index contributed by atoms with van der Waals surface area (Å²) in [4.78, 5) is 14.7. The average molecular weight is 300 g/mol. The smallest absolute Gasteiger partial charge is 0.224 e. The summed E-state index contributed by atoms with van der Waals surface area (Å²) in [6, 6.07) is 10.4. The number of hydrogen-bond acceptors (Lipinski definition) is 2. The fourth-order valence-corrected chi connectivity index (χ4v) is 2.86. The lowest BCUT2D eigenvalue weighted by atomic mass is 9.96. The zero-order valence-corrected chi connectivity index (χ0v) is 14.0. The quantitative estimate of drug-likeness (QED) is 0.815. The standard InChI is InChI=1S/C19H28N2O/c1-15(2)13-18(17-7-5-4-6-8-17)20-19(22)14-16-9-11-21(3)12-10-16/h4-9,15,18H,10-14H2,1-3H3,(H,20,22). The van der Waals surface area contributed by atoms with E-state index >= 15 is 0 Å². The predicted molar refractivity (Wildman–Crippen MR) is 91.6 cm³/mol. The fourth-order valence-electron chi connectivity index (χ4n) is 2.86. The van der Waals surface area contributed by atoms with Crippen molar-refractivity contribution in [3.05, 3.63) is 47.5 Å². The number of carbonyl (C=O) groups excluding carboxylic acids is 1. The molecule has 0 radical (unpaired) electrons. The highest BCUT2D eigenvalue weighted by Gasteiger charge is 2.17. The molecule has 1 aromatic rings. The Bertz CT molecular complexity index is 507. The fraction of sp³-hybridized carbons (Fsp3) is 0.526. The number of hydrogen-bond donors (Lipinski definition) is 1. The first-order chi connectivity index (χ1) is 10.5. The minimum Gasteiger partial charge on any atom is -0.349 e. The van der Waals surface area contributed by atoms with Crippen LogP contribution in [0.1, 0.15) is 44.7 Å². The molecule has 0 saturated carbocycles. The SMILES string of the molecule is CC(C)CC(NC(=O)CC1=CCN(C)CC1)c1ccccc1. The van der Waals surface area contributed by atoms with E-state index in [0.29, 0.717) is 12.3 Å². The maximum absolute atomic E-state index is 12.4. The average Bonchev–Trinajstić information content (AvgIpc) is 2.49. The Morgan fingerprint density at radius 1 is 1.27 bits per heavy atom. The van der Waals surface area contributed by atoms with Crippen LogP contribution in [0, 0.1) is 5.92 Å². The first-order valence-corrected chi connectivity index (χ1v) is 8.25. The van der Waals surface area contributed by atoms with Crippen molar-refractivity contribution in [3.8, 4) is 0 Å². The van der Waals surface area contributed by atoms with Crippen molar-refractivity contribution in [1.82, 2.24) is 10.2 Å². The van der Waals surface area contributed by atoms with Crippen molar-refractivity contribution >= 4 is 5.91 Å². The Labute approximate surface area is 134 Å². The molecule has 1 aliphatic heterocycles. The van der Waals surface area contributed by atoms with Gasteiger partial charge in [0.1, 0.15) is 0 Å². The highest BCUT2D eigenvalue weighted by atomic mass is 16.1. The third-order valence-corrected chi connectivity index (χ3v) is 4.14. The molecule has 0 aromatic heterocycles. The van der Waals surface area contributed by atoms with Crippen LogP contribution in [0.5, 0.6) is 0 Å². The molecule has 1 N–H and O–H groups in total. The van der Waals surface area contributed by atoms with Crippen LogP contribution in [0.3, 0.4) is 0 Å². The molecule has 22 heavy (non-hydrogen) atoms. The van der Waals surface area contributed by atoms with Crippen LogP contribution in [0.25, 0.3) is 0 Å². The maximum atomic E-state index is 12.4. The lowest BCUT2D eigenvalue weighted by Gasteiger charge is -2.24. The number of carbonyl (C=O) groups is 1. The monoisotopic (exact) mass is 300 g/mol. The van der Waals surface area contributed by atoms with E-state index in [1.54, 1.807) is 0 Å². The summed E-state index contributed by atoms with van der Waals surface area (Å²) < 4.78 is 0. The molecule has 0 spiro atoms. The van der Waals surface area contributed by atoms with E-state index in [-0.39, 0.29) is 11.9 Å². The summed E-state index contributed by atoms with van der Waals surface area (Å²) in [5, 5.41) is 3.23. The number of rotatable bonds is 6. The minimum atomic E-state index is 0.112. The second-order valence-electron chi connectivity index (χ2n) is 6.71. The largest absolute Gasteiger partial charge is 0.349 e. The Balaban J connectivity index is 1.96. The van der Waals surface area contributed by atoms with Gasteiger partial charge in [0.05, 0.1) is 6.04 Å². The summed E-state index contributed by atoms with van der Waals surface area (Å²) >= 11 is 0. The van der Waals surface area contributed by atoms with Gasteiger partial charge in [-0.2, -0.15) is 0 Å². The van der Waals surface area contributed by atoms with Crippen LogP contribution in [0.4, 0.5) is 0 Å². The lowest BCUT2D eigenvalue weighted by molar-refractivity contribution is -0.121. The van der Waals surface area contributed by atoms with Crippen molar-refractivity contribution in [3.63, 3.8) is 0 Å². The van der Waals surface area contributed by atoms with Gasteiger partial charge in [0, 0.05) is 19.5 Å². The third-order valence-electron chi connectivity index (χ3n) is 4.14. The van der Waals surface area contributed by atoms with Crippen LogP contribution in [-0.2, 0) is 4.79 Å². The van der Waals surface area contributed by atoms with E-state index in [1.165, 1.54) is 11.1 Å². The number of benzene rings is 1. The molecular weight excluding hydrogens is 272 g/mol. The van der Waals surface area contributed by atoms with Gasteiger partial charge in [-0.3, -0.25) is 4.79 Å². The van der Waals surface area contributed by atoms with Gasteiger partial charge >= 0.3 is 0 Å². The van der Waals surface area contributed by atoms with E-state index in [2.05, 4.69) is 49.3 Å².